The molecule has 0 fully saturated rings. The van der Waals surface area contributed by atoms with Gasteiger partial charge in [0.25, 0.3) is 5.56 Å². The molecular formula is C19H23N3O4S. The number of amides is 1. The molecular weight excluding hydrogens is 366 g/mol. The predicted octanol–water partition coefficient (Wildman–Crippen LogP) is 2.73. The third kappa shape index (κ3) is 6.25. The lowest BCUT2D eigenvalue weighted by atomic mass is 10.0. The molecule has 1 amide bonds. The zero-order valence-corrected chi connectivity index (χ0v) is 16.6. The molecule has 8 heteroatoms. The lowest BCUT2D eigenvalue weighted by molar-refractivity contribution is -0.139. The maximum absolute atomic E-state index is 12.4. The molecule has 144 valence electrons. The Hall–Kier alpha value is -2.61. The summed E-state index contributed by atoms with van der Waals surface area (Å²) in [5.74, 6) is -0.276. The molecule has 0 aliphatic rings. The zero-order chi connectivity index (χ0) is 20.0. The van der Waals surface area contributed by atoms with Gasteiger partial charge in [-0.1, -0.05) is 37.7 Å². The Labute approximate surface area is 161 Å². The van der Waals surface area contributed by atoms with Gasteiger partial charge in [-0.25, -0.2) is 4.98 Å². The van der Waals surface area contributed by atoms with Gasteiger partial charge in [0.05, 0.1) is 24.5 Å². The highest BCUT2D eigenvalue weighted by Gasteiger charge is 2.17. The Morgan fingerprint density at radius 2 is 1.89 bits per heavy atom. The molecule has 0 aliphatic heterocycles. The maximum atomic E-state index is 12.4. The van der Waals surface area contributed by atoms with Crippen LogP contribution in [-0.2, 0) is 20.7 Å². The second-order valence-corrected chi connectivity index (χ2v) is 7.65. The molecule has 0 bridgehead atoms. The van der Waals surface area contributed by atoms with Crippen molar-refractivity contribution >= 4 is 29.3 Å². The molecule has 2 N–H and O–H groups in total. The molecule has 1 aromatic heterocycles. The van der Waals surface area contributed by atoms with Gasteiger partial charge in [-0.3, -0.25) is 14.4 Å². The van der Waals surface area contributed by atoms with Gasteiger partial charge in [0.2, 0.25) is 5.91 Å². The summed E-state index contributed by atoms with van der Waals surface area (Å²) >= 11 is 1.11. The summed E-state index contributed by atoms with van der Waals surface area (Å²) in [5.41, 5.74) is 1.81. The normalized spacial score (nSPS) is 11.9. The van der Waals surface area contributed by atoms with Crippen molar-refractivity contribution in [1.82, 2.24) is 9.97 Å². The number of thioether (sulfide) groups is 1. The van der Waals surface area contributed by atoms with Crippen molar-refractivity contribution in [2.45, 2.75) is 43.5 Å². The molecule has 1 heterocycles. The minimum absolute atomic E-state index is 0.100. The topological polar surface area (TPSA) is 101 Å². The summed E-state index contributed by atoms with van der Waals surface area (Å²) in [5, 5.41) is 2.63. The number of carbonyl (C=O) groups excluding carboxylic acids is 2. The van der Waals surface area contributed by atoms with Gasteiger partial charge in [0.1, 0.15) is 0 Å². The van der Waals surface area contributed by atoms with E-state index >= 15 is 0 Å². The minimum atomic E-state index is -0.494. The molecule has 2 rings (SSSR count). The van der Waals surface area contributed by atoms with Crippen molar-refractivity contribution < 1.29 is 14.3 Å². The summed E-state index contributed by atoms with van der Waals surface area (Å²) in [6.07, 6.45) is -0.100. The van der Waals surface area contributed by atoms with Gasteiger partial charge in [-0.15, -0.1) is 0 Å². The number of ether oxygens (including phenoxy) is 1. The number of hydrogen-bond acceptors (Lipinski definition) is 6. The lowest BCUT2D eigenvalue weighted by Gasteiger charge is -2.13. The smallest absolute Gasteiger partial charge is 0.311 e. The number of methoxy groups -OCH3 is 1. The van der Waals surface area contributed by atoms with Crippen LogP contribution in [0.25, 0.3) is 0 Å². The van der Waals surface area contributed by atoms with Gasteiger partial charge in [-0.05, 0) is 30.5 Å². The van der Waals surface area contributed by atoms with E-state index in [2.05, 4.69) is 33.9 Å². The van der Waals surface area contributed by atoms with E-state index in [1.54, 1.807) is 6.92 Å². The first-order chi connectivity index (χ1) is 12.8. The summed E-state index contributed by atoms with van der Waals surface area (Å²) in [6.45, 7) is 5.93. The highest BCUT2D eigenvalue weighted by atomic mass is 32.2. The van der Waals surface area contributed by atoms with Gasteiger partial charge >= 0.3 is 5.97 Å². The zero-order valence-electron chi connectivity index (χ0n) is 15.7. The molecule has 27 heavy (non-hydrogen) atoms. The van der Waals surface area contributed by atoms with Crippen LogP contribution in [0, 0.1) is 0 Å². The fourth-order valence-electron chi connectivity index (χ4n) is 2.27. The number of hydrogen-bond donors (Lipinski definition) is 2. The van der Waals surface area contributed by atoms with Crippen LogP contribution in [0.4, 0.5) is 5.69 Å². The molecule has 0 aliphatic carbocycles. The SMILES string of the molecule is COC(=O)Cc1cc(=O)[nH]c(S[C@H](C)C(=O)Nc2ccc(C(C)C)cc2)n1. The van der Waals surface area contributed by atoms with Crippen molar-refractivity contribution in [2.75, 3.05) is 12.4 Å². The van der Waals surface area contributed by atoms with E-state index in [4.69, 9.17) is 0 Å². The van der Waals surface area contributed by atoms with Crippen molar-refractivity contribution in [2.24, 2.45) is 0 Å². The first kappa shape index (κ1) is 20.7. The molecule has 0 saturated heterocycles. The Bertz CT molecular complexity index is 862. The second-order valence-electron chi connectivity index (χ2n) is 6.32. The van der Waals surface area contributed by atoms with Crippen molar-refractivity contribution in [3.63, 3.8) is 0 Å². The highest BCUT2D eigenvalue weighted by molar-refractivity contribution is 8.00. The number of aromatic amines is 1. The molecule has 0 radical (unpaired) electrons. The fourth-order valence-corrected chi connectivity index (χ4v) is 3.10. The summed E-state index contributed by atoms with van der Waals surface area (Å²) in [4.78, 5) is 42.3. The van der Waals surface area contributed by atoms with Crippen LogP contribution in [0.1, 0.15) is 37.9 Å². The van der Waals surface area contributed by atoms with Gasteiger partial charge < -0.3 is 15.0 Å². The number of rotatable bonds is 7. The standard InChI is InChI=1S/C19H23N3O4S/c1-11(2)13-5-7-14(8-6-13)20-18(25)12(3)27-19-21-15(9-16(23)22-19)10-17(24)26-4/h5-9,11-12H,10H2,1-4H3,(H,20,25)(H,21,22,23)/t12-/m1/s1. The molecule has 7 nitrogen and oxygen atoms in total. The van der Waals surface area contributed by atoms with E-state index in [0.29, 0.717) is 17.3 Å². The summed E-state index contributed by atoms with van der Waals surface area (Å²) in [6, 6.07) is 8.92. The van der Waals surface area contributed by atoms with E-state index in [9.17, 15) is 14.4 Å². The fraction of sp³-hybridized carbons (Fsp3) is 0.368. The van der Waals surface area contributed by atoms with E-state index in [0.717, 1.165) is 11.8 Å². The van der Waals surface area contributed by atoms with Gasteiger partial charge in [0, 0.05) is 11.8 Å². The number of nitrogens with zero attached hydrogens (tertiary/aromatic N) is 1. The maximum Gasteiger partial charge on any atom is 0.311 e. The van der Waals surface area contributed by atoms with Crippen LogP contribution < -0.4 is 10.9 Å². The summed E-state index contributed by atoms with van der Waals surface area (Å²) < 4.78 is 4.58. The number of anilines is 1. The molecule has 2 aromatic rings. The van der Waals surface area contributed by atoms with Crippen molar-refractivity contribution in [1.29, 1.82) is 0 Å². The van der Waals surface area contributed by atoms with E-state index in [1.807, 2.05) is 24.3 Å². The average Bonchev–Trinajstić information content (AvgIpc) is 2.61. The number of nitrogens with one attached hydrogen (secondary N) is 2. The average molecular weight is 389 g/mol. The molecule has 0 unspecified atom stereocenters. The van der Waals surface area contributed by atoms with Crippen molar-refractivity contribution in [3.05, 3.63) is 51.9 Å². The predicted molar refractivity (Wildman–Crippen MR) is 105 cm³/mol. The van der Waals surface area contributed by atoms with Gasteiger partial charge in [-0.2, -0.15) is 0 Å². The van der Waals surface area contributed by atoms with Crippen molar-refractivity contribution in [3.8, 4) is 0 Å². The number of carbonyl (C=O) groups is 2. The monoisotopic (exact) mass is 389 g/mol. The third-order valence-electron chi connectivity index (χ3n) is 3.83. The largest absolute Gasteiger partial charge is 0.469 e. The van der Waals surface area contributed by atoms with E-state index < -0.39 is 11.2 Å². The minimum Gasteiger partial charge on any atom is -0.469 e. The first-order valence-corrected chi connectivity index (χ1v) is 9.41. The molecule has 0 spiro atoms. The number of H-pyrrole nitrogens is 1. The Kier molecular flexibility index (Phi) is 7.18. The molecule has 0 saturated carbocycles. The Balaban J connectivity index is 2.03. The van der Waals surface area contributed by atoms with Crippen LogP contribution in [-0.4, -0.2) is 34.2 Å². The van der Waals surface area contributed by atoms with E-state index in [-0.39, 0.29) is 23.0 Å². The quantitative estimate of drug-likeness (QED) is 0.429. The van der Waals surface area contributed by atoms with Crippen LogP contribution >= 0.6 is 11.8 Å². The van der Waals surface area contributed by atoms with Crippen LogP contribution in [0.3, 0.4) is 0 Å². The van der Waals surface area contributed by atoms with Gasteiger partial charge in [0.15, 0.2) is 5.16 Å². The number of aromatic nitrogens is 2. The van der Waals surface area contributed by atoms with Crippen LogP contribution in [0.2, 0.25) is 0 Å². The van der Waals surface area contributed by atoms with Crippen LogP contribution in [0.15, 0.2) is 40.3 Å². The van der Waals surface area contributed by atoms with Crippen LogP contribution in [0.5, 0.6) is 0 Å². The molecule has 1 aromatic carbocycles. The second kappa shape index (κ2) is 9.36. The highest BCUT2D eigenvalue weighted by Crippen LogP contribution is 2.21. The number of esters is 1. The third-order valence-corrected chi connectivity index (χ3v) is 4.81. The Morgan fingerprint density at radius 3 is 2.48 bits per heavy atom. The Morgan fingerprint density at radius 1 is 1.22 bits per heavy atom. The van der Waals surface area contributed by atoms with E-state index in [1.165, 1.54) is 18.7 Å². The lowest BCUT2D eigenvalue weighted by Crippen LogP contribution is -2.23. The molecule has 1 atom stereocenters. The first-order valence-electron chi connectivity index (χ1n) is 8.53. The summed E-state index contributed by atoms with van der Waals surface area (Å²) in [7, 11) is 1.27. The number of benzene rings is 1.